The Morgan fingerprint density at radius 2 is 2.00 bits per heavy atom. The number of nitrogens with zero attached hydrogens (tertiary/aromatic N) is 2. The van der Waals surface area contributed by atoms with E-state index in [1.807, 2.05) is 35.8 Å². The summed E-state index contributed by atoms with van der Waals surface area (Å²) in [5, 5.41) is 4.43. The molecule has 2 heterocycles. The SMILES string of the molecule is CCn1c2ccccc2c2cc(C(N)=O)c(NC(C)=O)nc21. The molecule has 0 spiro atoms. The average Bonchev–Trinajstić information content (AvgIpc) is 2.78. The fourth-order valence-electron chi connectivity index (χ4n) is 2.73. The van der Waals surface area contributed by atoms with Crippen LogP contribution in [-0.4, -0.2) is 21.4 Å². The Morgan fingerprint density at radius 3 is 2.64 bits per heavy atom. The highest BCUT2D eigenvalue weighted by Gasteiger charge is 2.17. The number of hydrogen-bond acceptors (Lipinski definition) is 3. The van der Waals surface area contributed by atoms with Crippen molar-refractivity contribution in [3.63, 3.8) is 0 Å². The Bertz CT molecular complexity index is 911. The van der Waals surface area contributed by atoms with E-state index < -0.39 is 5.91 Å². The number of amides is 2. The van der Waals surface area contributed by atoms with Gasteiger partial charge in [-0.25, -0.2) is 4.98 Å². The number of fused-ring (bicyclic) bond motifs is 3. The van der Waals surface area contributed by atoms with E-state index in [-0.39, 0.29) is 17.3 Å². The summed E-state index contributed by atoms with van der Waals surface area (Å²) in [6.07, 6.45) is 0. The van der Waals surface area contributed by atoms with Crippen LogP contribution in [0.4, 0.5) is 5.82 Å². The van der Waals surface area contributed by atoms with Crippen LogP contribution >= 0.6 is 0 Å². The van der Waals surface area contributed by atoms with Gasteiger partial charge in [0.2, 0.25) is 5.91 Å². The predicted molar refractivity (Wildman–Crippen MR) is 85.7 cm³/mol. The van der Waals surface area contributed by atoms with Crippen LogP contribution < -0.4 is 11.1 Å². The Labute approximate surface area is 126 Å². The highest BCUT2D eigenvalue weighted by molar-refractivity contribution is 6.11. The number of hydrogen-bond donors (Lipinski definition) is 2. The van der Waals surface area contributed by atoms with Crippen LogP contribution in [-0.2, 0) is 11.3 Å². The molecule has 1 aromatic carbocycles. The summed E-state index contributed by atoms with van der Waals surface area (Å²) >= 11 is 0. The fourth-order valence-corrected chi connectivity index (χ4v) is 2.73. The first-order chi connectivity index (χ1) is 10.5. The van der Waals surface area contributed by atoms with Gasteiger partial charge in [0.15, 0.2) is 0 Å². The van der Waals surface area contributed by atoms with E-state index in [1.165, 1.54) is 6.92 Å². The number of aryl methyl sites for hydroxylation is 1. The maximum absolute atomic E-state index is 11.7. The monoisotopic (exact) mass is 296 g/mol. The van der Waals surface area contributed by atoms with Crippen molar-refractivity contribution in [1.82, 2.24) is 9.55 Å². The summed E-state index contributed by atoms with van der Waals surface area (Å²) in [6, 6.07) is 9.58. The topological polar surface area (TPSA) is 90.0 Å². The van der Waals surface area contributed by atoms with Crippen LogP contribution in [0.3, 0.4) is 0 Å². The molecule has 0 radical (unpaired) electrons. The zero-order valence-electron chi connectivity index (χ0n) is 12.4. The minimum atomic E-state index is -0.619. The Balaban J connectivity index is 2.43. The molecule has 0 saturated carbocycles. The number of carbonyl (C=O) groups is 2. The van der Waals surface area contributed by atoms with Crippen molar-refractivity contribution in [2.24, 2.45) is 5.73 Å². The van der Waals surface area contributed by atoms with Crippen LogP contribution in [0, 0.1) is 0 Å². The van der Waals surface area contributed by atoms with Crippen molar-refractivity contribution in [2.75, 3.05) is 5.32 Å². The summed E-state index contributed by atoms with van der Waals surface area (Å²) in [5.74, 6) is -0.718. The number of nitrogens with two attached hydrogens (primary N) is 1. The van der Waals surface area contributed by atoms with Gasteiger partial charge in [-0.05, 0) is 19.1 Å². The lowest BCUT2D eigenvalue weighted by molar-refractivity contribution is -0.114. The molecule has 3 rings (SSSR count). The Hall–Kier alpha value is -2.89. The molecular weight excluding hydrogens is 280 g/mol. The second-order valence-electron chi connectivity index (χ2n) is 5.06. The molecule has 3 N–H and O–H groups in total. The molecule has 0 aliphatic carbocycles. The largest absolute Gasteiger partial charge is 0.365 e. The zero-order chi connectivity index (χ0) is 15.9. The van der Waals surface area contributed by atoms with Gasteiger partial charge in [0, 0.05) is 24.2 Å². The normalized spacial score (nSPS) is 11.0. The van der Waals surface area contributed by atoms with E-state index in [9.17, 15) is 9.59 Å². The van der Waals surface area contributed by atoms with Gasteiger partial charge >= 0.3 is 0 Å². The van der Waals surface area contributed by atoms with Crippen LogP contribution in [0.2, 0.25) is 0 Å². The summed E-state index contributed by atoms with van der Waals surface area (Å²) in [6.45, 7) is 4.12. The van der Waals surface area contributed by atoms with E-state index >= 15 is 0 Å². The molecule has 3 aromatic rings. The lowest BCUT2D eigenvalue weighted by Gasteiger charge is -2.08. The Morgan fingerprint density at radius 1 is 1.27 bits per heavy atom. The second kappa shape index (κ2) is 5.14. The highest BCUT2D eigenvalue weighted by atomic mass is 16.2. The molecule has 0 aliphatic heterocycles. The van der Waals surface area contributed by atoms with Gasteiger partial charge in [0.25, 0.3) is 5.91 Å². The third-order valence-corrected chi connectivity index (χ3v) is 3.62. The minimum Gasteiger partial charge on any atom is -0.365 e. The van der Waals surface area contributed by atoms with Gasteiger partial charge in [-0.15, -0.1) is 0 Å². The molecule has 112 valence electrons. The summed E-state index contributed by atoms with van der Waals surface area (Å²) in [4.78, 5) is 27.5. The fraction of sp³-hybridized carbons (Fsp3) is 0.188. The molecule has 0 atom stereocenters. The molecule has 2 amide bonds. The van der Waals surface area contributed by atoms with Gasteiger partial charge in [-0.1, -0.05) is 18.2 Å². The highest BCUT2D eigenvalue weighted by Crippen LogP contribution is 2.30. The lowest BCUT2D eigenvalue weighted by Crippen LogP contribution is -2.18. The number of rotatable bonds is 3. The van der Waals surface area contributed by atoms with E-state index in [1.54, 1.807) is 6.07 Å². The maximum atomic E-state index is 11.7. The smallest absolute Gasteiger partial charge is 0.252 e. The standard InChI is InChI=1S/C16H16N4O2/c1-3-20-13-7-5-4-6-10(13)11-8-12(14(17)22)15(18-9(2)21)19-16(11)20/h4-8H,3H2,1-2H3,(H2,17,22)(H,18,19,21). The van der Waals surface area contributed by atoms with Gasteiger partial charge in [-0.3, -0.25) is 9.59 Å². The van der Waals surface area contributed by atoms with E-state index in [0.29, 0.717) is 0 Å². The third-order valence-electron chi connectivity index (χ3n) is 3.62. The Kier molecular flexibility index (Phi) is 3.29. The average molecular weight is 296 g/mol. The van der Waals surface area contributed by atoms with Crippen molar-refractivity contribution in [3.05, 3.63) is 35.9 Å². The van der Waals surface area contributed by atoms with Crippen molar-refractivity contribution >= 4 is 39.6 Å². The lowest BCUT2D eigenvalue weighted by atomic mass is 10.1. The van der Waals surface area contributed by atoms with Gasteiger partial charge in [0.05, 0.1) is 11.1 Å². The van der Waals surface area contributed by atoms with E-state index in [0.717, 1.165) is 28.5 Å². The van der Waals surface area contributed by atoms with Crippen molar-refractivity contribution < 1.29 is 9.59 Å². The van der Waals surface area contributed by atoms with Crippen LogP contribution in [0.1, 0.15) is 24.2 Å². The number of nitrogens with one attached hydrogen (secondary N) is 1. The minimum absolute atomic E-state index is 0.199. The van der Waals surface area contributed by atoms with Crippen LogP contribution in [0.5, 0.6) is 0 Å². The maximum Gasteiger partial charge on any atom is 0.252 e. The molecular formula is C16H16N4O2. The number of anilines is 1. The first kappa shape index (κ1) is 14.1. The first-order valence-electron chi connectivity index (χ1n) is 7.02. The van der Waals surface area contributed by atoms with Gasteiger partial charge in [0.1, 0.15) is 11.5 Å². The number of primary amides is 1. The van der Waals surface area contributed by atoms with Gasteiger partial charge in [-0.2, -0.15) is 0 Å². The molecule has 0 unspecified atom stereocenters. The molecule has 0 aliphatic rings. The molecule has 6 heteroatoms. The molecule has 22 heavy (non-hydrogen) atoms. The summed E-state index contributed by atoms with van der Waals surface area (Å²) in [7, 11) is 0. The van der Waals surface area contributed by atoms with Crippen LogP contribution in [0.15, 0.2) is 30.3 Å². The summed E-state index contributed by atoms with van der Waals surface area (Å²) in [5.41, 5.74) is 7.39. The number of pyridine rings is 1. The molecule has 0 saturated heterocycles. The number of benzene rings is 1. The third kappa shape index (κ3) is 2.09. The molecule has 6 nitrogen and oxygen atoms in total. The van der Waals surface area contributed by atoms with Gasteiger partial charge < -0.3 is 15.6 Å². The number of carbonyl (C=O) groups excluding carboxylic acids is 2. The molecule has 2 aromatic heterocycles. The second-order valence-corrected chi connectivity index (χ2v) is 5.06. The van der Waals surface area contributed by atoms with Crippen molar-refractivity contribution in [2.45, 2.75) is 20.4 Å². The summed E-state index contributed by atoms with van der Waals surface area (Å²) < 4.78 is 2.04. The zero-order valence-corrected chi connectivity index (χ0v) is 12.4. The van der Waals surface area contributed by atoms with Crippen molar-refractivity contribution in [1.29, 1.82) is 0 Å². The van der Waals surface area contributed by atoms with Crippen LogP contribution in [0.25, 0.3) is 21.9 Å². The van der Waals surface area contributed by atoms with E-state index in [2.05, 4.69) is 10.3 Å². The predicted octanol–water partition coefficient (Wildman–Crippen LogP) is 2.27. The first-order valence-corrected chi connectivity index (χ1v) is 7.02. The quantitative estimate of drug-likeness (QED) is 0.776. The van der Waals surface area contributed by atoms with E-state index in [4.69, 9.17) is 5.73 Å². The number of para-hydroxylation sites is 1. The number of aromatic nitrogens is 2. The van der Waals surface area contributed by atoms with Crippen molar-refractivity contribution in [3.8, 4) is 0 Å². The molecule has 0 bridgehead atoms. The molecule has 0 fully saturated rings.